The van der Waals surface area contributed by atoms with Gasteiger partial charge in [0.05, 0.1) is 12.1 Å². The van der Waals surface area contributed by atoms with E-state index >= 15 is 0 Å². The summed E-state index contributed by atoms with van der Waals surface area (Å²) in [6.07, 6.45) is -4.61. The van der Waals surface area contributed by atoms with Gasteiger partial charge in [0.1, 0.15) is 0 Å². The summed E-state index contributed by atoms with van der Waals surface area (Å²) >= 11 is 1.51. The van der Waals surface area contributed by atoms with Crippen molar-refractivity contribution in [2.24, 2.45) is 0 Å². The summed E-state index contributed by atoms with van der Waals surface area (Å²) in [7, 11) is 0. The molecule has 1 aromatic carbocycles. The molecule has 0 bridgehead atoms. The van der Waals surface area contributed by atoms with Crippen molar-refractivity contribution in [2.75, 3.05) is 5.32 Å². The van der Waals surface area contributed by atoms with Crippen molar-refractivity contribution in [3.05, 3.63) is 52.2 Å². The molecular formula is C16H15F3N2O2S. The molecule has 2 rings (SSSR count). The number of benzene rings is 1. The van der Waals surface area contributed by atoms with Crippen LogP contribution in [0.1, 0.15) is 23.3 Å². The number of rotatable bonds is 6. The molecule has 0 atom stereocenters. The lowest BCUT2D eigenvalue weighted by Crippen LogP contribution is -2.24. The third kappa shape index (κ3) is 5.69. The summed E-state index contributed by atoms with van der Waals surface area (Å²) in [6.45, 7) is 0.395. The molecule has 0 fully saturated rings. The molecule has 8 heteroatoms. The zero-order valence-corrected chi connectivity index (χ0v) is 13.3. The van der Waals surface area contributed by atoms with Gasteiger partial charge in [-0.3, -0.25) is 9.59 Å². The highest BCUT2D eigenvalue weighted by Gasteiger charge is 2.30. The van der Waals surface area contributed by atoms with E-state index in [0.29, 0.717) is 6.54 Å². The van der Waals surface area contributed by atoms with E-state index in [1.54, 1.807) is 0 Å². The Morgan fingerprint density at radius 3 is 2.46 bits per heavy atom. The molecule has 24 heavy (non-hydrogen) atoms. The lowest BCUT2D eigenvalue weighted by atomic mass is 10.2. The minimum atomic E-state index is -4.47. The van der Waals surface area contributed by atoms with Crippen LogP contribution in [0.4, 0.5) is 18.9 Å². The Kier molecular flexibility index (Phi) is 5.97. The summed E-state index contributed by atoms with van der Waals surface area (Å²) in [5, 5.41) is 6.93. The van der Waals surface area contributed by atoms with E-state index in [1.165, 1.54) is 23.5 Å². The van der Waals surface area contributed by atoms with Crippen LogP contribution in [0.25, 0.3) is 0 Å². The number of thiophene rings is 1. The van der Waals surface area contributed by atoms with Crippen molar-refractivity contribution in [1.29, 1.82) is 0 Å². The third-order valence-electron chi connectivity index (χ3n) is 3.09. The SMILES string of the molecule is O=C(CCC(=O)Nc1cccc(C(F)(F)F)c1)NCc1cccs1. The van der Waals surface area contributed by atoms with Crippen LogP contribution in [-0.2, 0) is 22.3 Å². The van der Waals surface area contributed by atoms with Gasteiger partial charge in [-0.2, -0.15) is 13.2 Å². The highest BCUT2D eigenvalue weighted by atomic mass is 32.1. The average molecular weight is 356 g/mol. The molecule has 0 spiro atoms. The Balaban J connectivity index is 1.78. The van der Waals surface area contributed by atoms with Crippen molar-refractivity contribution in [2.45, 2.75) is 25.6 Å². The first-order valence-corrected chi connectivity index (χ1v) is 7.99. The normalized spacial score (nSPS) is 11.1. The van der Waals surface area contributed by atoms with Crippen LogP contribution in [-0.4, -0.2) is 11.8 Å². The van der Waals surface area contributed by atoms with E-state index in [4.69, 9.17) is 0 Å². The lowest BCUT2D eigenvalue weighted by molar-refractivity contribution is -0.137. The monoisotopic (exact) mass is 356 g/mol. The molecule has 0 saturated carbocycles. The summed E-state index contributed by atoms with van der Waals surface area (Å²) in [5.41, 5.74) is -0.789. The summed E-state index contributed by atoms with van der Waals surface area (Å²) < 4.78 is 37.8. The van der Waals surface area contributed by atoms with Gasteiger partial charge in [-0.1, -0.05) is 12.1 Å². The fourth-order valence-corrected chi connectivity index (χ4v) is 2.56. The molecule has 0 aliphatic heterocycles. The first-order chi connectivity index (χ1) is 11.3. The predicted molar refractivity (Wildman–Crippen MR) is 85.5 cm³/mol. The quantitative estimate of drug-likeness (QED) is 0.827. The minimum absolute atomic E-state index is 0.0316. The van der Waals surface area contributed by atoms with Crippen LogP contribution in [0.15, 0.2) is 41.8 Å². The topological polar surface area (TPSA) is 58.2 Å². The largest absolute Gasteiger partial charge is 0.416 e. The van der Waals surface area contributed by atoms with Crippen molar-refractivity contribution in [3.8, 4) is 0 Å². The molecule has 1 aromatic heterocycles. The third-order valence-corrected chi connectivity index (χ3v) is 3.97. The predicted octanol–water partition coefficient (Wildman–Crippen LogP) is 3.80. The number of carbonyl (C=O) groups excluding carboxylic acids is 2. The molecule has 1 heterocycles. The summed E-state index contributed by atoms with van der Waals surface area (Å²) in [5.74, 6) is -0.803. The Hall–Kier alpha value is -2.35. The standard InChI is InChI=1S/C16H15F3N2O2S/c17-16(18,19)11-3-1-4-12(9-11)21-15(23)7-6-14(22)20-10-13-5-2-8-24-13/h1-5,8-9H,6-7,10H2,(H,20,22)(H,21,23). The van der Waals surface area contributed by atoms with Crippen LogP contribution in [0.5, 0.6) is 0 Å². The number of amides is 2. The van der Waals surface area contributed by atoms with Gasteiger partial charge in [0.2, 0.25) is 11.8 Å². The highest BCUT2D eigenvalue weighted by molar-refractivity contribution is 7.09. The van der Waals surface area contributed by atoms with Crippen LogP contribution >= 0.6 is 11.3 Å². The van der Waals surface area contributed by atoms with Crippen LogP contribution in [0, 0.1) is 0 Å². The Labute approximate surface area is 140 Å². The summed E-state index contributed by atoms with van der Waals surface area (Å²) in [4.78, 5) is 24.4. The number of hydrogen-bond acceptors (Lipinski definition) is 3. The van der Waals surface area contributed by atoms with Crippen molar-refractivity contribution in [1.82, 2.24) is 5.32 Å². The maximum absolute atomic E-state index is 12.6. The molecule has 2 aromatic rings. The van der Waals surface area contributed by atoms with E-state index < -0.39 is 17.6 Å². The molecule has 2 N–H and O–H groups in total. The fraction of sp³-hybridized carbons (Fsp3) is 0.250. The van der Waals surface area contributed by atoms with Gasteiger partial charge >= 0.3 is 6.18 Å². The fourth-order valence-electron chi connectivity index (χ4n) is 1.91. The van der Waals surface area contributed by atoms with Crippen molar-refractivity contribution >= 4 is 28.8 Å². The van der Waals surface area contributed by atoms with Gasteiger partial charge in [0.25, 0.3) is 0 Å². The molecule has 0 unspecified atom stereocenters. The van der Waals surface area contributed by atoms with Crippen molar-refractivity contribution < 1.29 is 22.8 Å². The minimum Gasteiger partial charge on any atom is -0.351 e. The smallest absolute Gasteiger partial charge is 0.351 e. The van der Waals surface area contributed by atoms with Gasteiger partial charge in [0.15, 0.2) is 0 Å². The molecular weight excluding hydrogens is 341 g/mol. The molecule has 128 valence electrons. The average Bonchev–Trinajstić information content (AvgIpc) is 3.04. The van der Waals surface area contributed by atoms with Crippen molar-refractivity contribution in [3.63, 3.8) is 0 Å². The van der Waals surface area contributed by atoms with E-state index in [9.17, 15) is 22.8 Å². The molecule has 2 amide bonds. The molecule has 4 nitrogen and oxygen atoms in total. The number of halogens is 3. The zero-order valence-electron chi connectivity index (χ0n) is 12.5. The van der Waals surface area contributed by atoms with Crippen LogP contribution in [0.2, 0.25) is 0 Å². The van der Waals surface area contributed by atoms with E-state index in [1.807, 2.05) is 17.5 Å². The van der Waals surface area contributed by atoms with Gasteiger partial charge in [-0.25, -0.2) is 0 Å². The lowest BCUT2D eigenvalue weighted by Gasteiger charge is -2.10. The van der Waals surface area contributed by atoms with E-state index in [0.717, 1.165) is 17.0 Å². The molecule has 0 saturated heterocycles. The van der Waals surface area contributed by atoms with Gasteiger partial charge < -0.3 is 10.6 Å². The number of nitrogens with one attached hydrogen (secondary N) is 2. The molecule has 0 aliphatic rings. The second-order valence-corrected chi connectivity index (χ2v) is 6.02. The van der Waals surface area contributed by atoms with Crippen LogP contribution in [0.3, 0.4) is 0 Å². The molecule has 0 aliphatic carbocycles. The maximum Gasteiger partial charge on any atom is 0.416 e. The Bertz CT molecular complexity index is 700. The second-order valence-electron chi connectivity index (χ2n) is 4.98. The highest BCUT2D eigenvalue weighted by Crippen LogP contribution is 2.30. The molecule has 0 radical (unpaired) electrons. The number of anilines is 1. The number of hydrogen-bond donors (Lipinski definition) is 2. The Morgan fingerprint density at radius 1 is 1.04 bits per heavy atom. The summed E-state index contributed by atoms with van der Waals surface area (Å²) in [6, 6.07) is 8.11. The van der Waals surface area contributed by atoms with Crippen LogP contribution < -0.4 is 10.6 Å². The van der Waals surface area contributed by atoms with Gasteiger partial charge in [-0.05, 0) is 29.6 Å². The number of alkyl halides is 3. The zero-order chi connectivity index (χ0) is 17.6. The first-order valence-electron chi connectivity index (χ1n) is 7.11. The van der Waals surface area contributed by atoms with Gasteiger partial charge in [-0.15, -0.1) is 11.3 Å². The number of carbonyl (C=O) groups is 2. The van der Waals surface area contributed by atoms with Gasteiger partial charge in [0, 0.05) is 23.4 Å². The second kappa shape index (κ2) is 7.96. The first kappa shape index (κ1) is 18.0. The van der Waals surface area contributed by atoms with E-state index in [-0.39, 0.29) is 24.4 Å². The van der Waals surface area contributed by atoms with E-state index in [2.05, 4.69) is 10.6 Å². The maximum atomic E-state index is 12.6. The Morgan fingerprint density at radius 2 is 1.79 bits per heavy atom.